The van der Waals surface area contributed by atoms with Crippen molar-refractivity contribution in [3.05, 3.63) is 64.4 Å². The second kappa shape index (κ2) is 8.18. The first-order valence-electron chi connectivity index (χ1n) is 7.33. The van der Waals surface area contributed by atoms with Gasteiger partial charge in [-0.2, -0.15) is 13.2 Å². The molecule has 0 fully saturated rings. The number of hydrogen-bond acceptors (Lipinski definition) is 2. The smallest absolute Gasteiger partial charge is 0.352 e. The molecule has 0 saturated carbocycles. The molecule has 2 N–H and O–H groups in total. The summed E-state index contributed by atoms with van der Waals surface area (Å²) in [4.78, 5) is 23.5. The van der Waals surface area contributed by atoms with E-state index in [2.05, 4.69) is 10.6 Å². The molecule has 0 aliphatic heterocycles. The molecule has 0 saturated heterocycles. The van der Waals surface area contributed by atoms with Gasteiger partial charge in [-0.1, -0.05) is 23.7 Å². The molecule has 0 atom stereocenters. The van der Waals surface area contributed by atoms with Gasteiger partial charge < -0.3 is 10.6 Å². The van der Waals surface area contributed by atoms with E-state index in [1.54, 1.807) is 0 Å². The van der Waals surface area contributed by atoms with Crippen molar-refractivity contribution in [1.82, 2.24) is 5.32 Å². The van der Waals surface area contributed by atoms with Gasteiger partial charge in [0, 0.05) is 12.2 Å². The van der Waals surface area contributed by atoms with Gasteiger partial charge in [0.05, 0.1) is 10.6 Å². The fourth-order valence-corrected chi connectivity index (χ4v) is 2.26. The molecule has 2 aromatic rings. The highest BCUT2D eigenvalue weighted by atomic mass is 35.5. The van der Waals surface area contributed by atoms with E-state index in [0.717, 1.165) is 6.07 Å². The van der Waals surface area contributed by atoms with Crippen molar-refractivity contribution in [3.8, 4) is 0 Å². The lowest BCUT2D eigenvalue weighted by atomic mass is 10.2. The zero-order valence-corrected chi connectivity index (χ0v) is 13.9. The van der Waals surface area contributed by atoms with Gasteiger partial charge in [-0.25, -0.2) is 4.39 Å². The number of amides is 2. The molecule has 0 radical (unpaired) electrons. The van der Waals surface area contributed by atoms with E-state index >= 15 is 0 Å². The molecule has 0 aromatic heterocycles. The molecule has 2 amide bonds. The van der Waals surface area contributed by atoms with Gasteiger partial charge >= 0.3 is 6.18 Å². The normalized spacial score (nSPS) is 11.1. The third-order valence-corrected chi connectivity index (χ3v) is 3.61. The van der Waals surface area contributed by atoms with Gasteiger partial charge in [0.1, 0.15) is 12.2 Å². The van der Waals surface area contributed by atoms with E-state index in [-0.39, 0.29) is 12.2 Å². The Hall–Kier alpha value is -2.61. The maximum Gasteiger partial charge on any atom is 0.417 e. The van der Waals surface area contributed by atoms with Crippen LogP contribution in [0.3, 0.4) is 0 Å². The van der Waals surface area contributed by atoms with E-state index < -0.39 is 40.8 Å². The monoisotopic (exact) mass is 388 g/mol. The van der Waals surface area contributed by atoms with Crippen LogP contribution in [0.2, 0.25) is 5.02 Å². The topological polar surface area (TPSA) is 58.2 Å². The summed E-state index contributed by atoms with van der Waals surface area (Å²) in [6.45, 7) is 0.0888. The summed E-state index contributed by atoms with van der Waals surface area (Å²) in [5, 5.41) is 4.17. The Morgan fingerprint density at radius 1 is 1.00 bits per heavy atom. The summed E-state index contributed by atoms with van der Waals surface area (Å²) in [6.07, 6.45) is -5.24. The summed E-state index contributed by atoms with van der Waals surface area (Å²) in [6, 6.07) is 8.31. The summed E-state index contributed by atoms with van der Waals surface area (Å²) in [5.74, 6) is -1.82. The Bertz CT molecular complexity index is 807. The lowest BCUT2D eigenvalue weighted by molar-refractivity contribution is -0.137. The number of anilines is 1. The first kappa shape index (κ1) is 19.7. The number of carbonyl (C=O) groups excluding carboxylic acids is 2. The molecule has 0 aliphatic rings. The zero-order chi connectivity index (χ0) is 19.3. The zero-order valence-electron chi connectivity index (χ0n) is 13.2. The van der Waals surface area contributed by atoms with E-state index in [9.17, 15) is 27.2 Å². The molecule has 4 nitrogen and oxygen atoms in total. The molecule has 0 aliphatic carbocycles. The van der Waals surface area contributed by atoms with Crippen LogP contribution >= 0.6 is 11.6 Å². The Kier molecular flexibility index (Phi) is 6.20. The Morgan fingerprint density at radius 3 is 2.27 bits per heavy atom. The number of rotatable bonds is 5. The molecule has 0 unspecified atom stereocenters. The first-order chi connectivity index (χ1) is 12.1. The van der Waals surface area contributed by atoms with Crippen LogP contribution < -0.4 is 10.6 Å². The Labute approximate surface area is 151 Å². The molecule has 0 bridgehead atoms. The third-order valence-electron chi connectivity index (χ3n) is 3.28. The highest BCUT2D eigenvalue weighted by molar-refractivity contribution is 6.31. The minimum atomic E-state index is -4.66. The summed E-state index contributed by atoms with van der Waals surface area (Å²) < 4.78 is 51.1. The van der Waals surface area contributed by atoms with Gasteiger partial charge in [-0.3, -0.25) is 9.59 Å². The summed E-state index contributed by atoms with van der Waals surface area (Å²) >= 11 is 5.49. The van der Waals surface area contributed by atoms with Crippen molar-refractivity contribution < 1.29 is 27.2 Å². The lowest BCUT2D eigenvalue weighted by Gasteiger charge is -2.12. The van der Waals surface area contributed by atoms with Gasteiger partial charge in [-0.15, -0.1) is 0 Å². The van der Waals surface area contributed by atoms with E-state index in [1.165, 1.54) is 30.3 Å². The number of hydrogen-bond donors (Lipinski definition) is 2. The van der Waals surface area contributed by atoms with Crippen LogP contribution in [-0.2, 0) is 22.3 Å². The van der Waals surface area contributed by atoms with Crippen LogP contribution in [0.4, 0.5) is 23.2 Å². The maximum atomic E-state index is 12.8. The van der Waals surface area contributed by atoms with E-state index in [4.69, 9.17) is 11.6 Å². The van der Waals surface area contributed by atoms with Crippen molar-refractivity contribution in [2.75, 3.05) is 5.32 Å². The average molecular weight is 389 g/mol. The van der Waals surface area contributed by atoms with Gasteiger partial charge in [0.25, 0.3) is 0 Å². The molecule has 0 spiro atoms. The quantitative estimate of drug-likeness (QED) is 0.597. The first-order valence-corrected chi connectivity index (χ1v) is 7.70. The van der Waals surface area contributed by atoms with Gasteiger partial charge in [0.2, 0.25) is 11.8 Å². The summed E-state index contributed by atoms with van der Waals surface area (Å²) in [7, 11) is 0. The molecule has 0 heterocycles. The number of halogens is 5. The predicted molar refractivity (Wildman–Crippen MR) is 87.9 cm³/mol. The molecular formula is C17H13ClF4N2O2. The van der Waals surface area contributed by atoms with Crippen molar-refractivity contribution in [1.29, 1.82) is 0 Å². The van der Waals surface area contributed by atoms with Crippen LogP contribution in [0.5, 0.6) is 0 Å². The predicted octanol–water partition coefficient (Wildman–Crippen LogP) is 4.14. The van der Waals surface area contributed by atoms with Gasteiger partial charge in [0.15, 0.2) is 0 Å². The van der Waals surface area contributed by atoms with E-state index in [1.807, 2.05) is 0 Å². The van der Waals surface area contributed by atoms with Crippen molar-refractivity contribution in [2.24, 2.45) is 0 Å². The fourth-order valence-electron chi connectivity index (χ4n) is 2.04. The third kappa shape index (κ3) is 5.73. The molecule has 138 valence electrons. The number of alkyl halides is 3. The van der Waals surface area contributed by atoms with Crippen molar-refractivity contribution in [2.45, 2.75) is 19.1 Å². The van der Waals surface area contributed by atoms with Crippen molar-refractivity contribution >= 4 is 29.1 Å². The average Bonchev–Trinajstić information content (AvgIpc) is 2.55. The standard InChI is InChI=1S/C17H13ClF4N2O2/c18-14-6-5-12(7-13(14)17(20,21)22)24-16(26)8-15(25)23-9-10-1-3-11(19)4-2-10/h1-7H,8-9H2,(H,23,25)(H,24,26). The maximum absolute atomic E-state index is 12.8. The number of benzene rings is 2. The highest BCUT2D eigenvalue weighted by Crippen LogP contribution is 2.36. The van der Waals surface area contributed by atoms with Crippen LogP contribution in [0.25, 0.3) is 0 Å². The summed E-state index contributed by atoms with van der Waals surface area (Å²) in [5.41, 5.74) is -0.580. The van der Waals surface area contributed by atoms with Crippen LogP contribution in [0, 0.1) is 5.82 Å². The lowest BCUT2D eigenvalue weighted by Crippen LogP contribution is -2.27. The number of carbonyl (C=O) groups is 2. The van der Waals surface area contributed by atoms with Crippen molar-refractivity contribution in [3.63, 3.8) is 0 Å². The Balaban J connectivity index is 1.90. The Morgan fingerprint density at radius 2 is 1.65 bits per heavy atom. The molecule has 9 heteroatoms. The minimum absolute atomic E-state index is 0.0888. The van der Waals surface area contributed by atoms with E-state index in [0.29, 0.717) is 11.6 Å². The minimum Gasteiger partial charge on any atom is -0.352 e. The van der Waals surface area contributed by atoms with Crippen LogP contribution in [-0.4, -0.2) is 11.8 Å². The fraction of sp³-hybridized carbons (Fsp3) is 0.176. The second-order valence-corrected chi connectivity index (χ2v) is 5.73. The molecule has 26 heavy (non-hydrogen) atoms. The van der Waals surface area contributed by atoms with Crippen LogP contribution in [0.1, 0.15) is 17.5 Å². The number of nitrogens with one attached hydrogen (secondary N) is 2. The van der Waals surface area contributed by atoms with Gasteiger partial charge in [-0.05, 0) is 35.9 Å². The highest BCUT2D eigenvalue weighted by Gasteiger charge is 2.33. The molecular weight excluding hydrogens is 376 g/mol. The SMILES string of the molecule is O=C(CC(=O)Nc1ccc(Cl)c(C(F)(F)F)c1)NCc1ccc(F)cc1. The largest absolute Gasteiger partial charge is 0.417 e. The molecule has 2 rings (SSSR count). The molecule has 2 aromatic carbocycles. The second-order valence-electron chi connectivity index (χ2n) is 5.32. The van der Waals surface area contributed by atoms with Crippen LogP contribution in [0.15, 0.2) is 42.5 Å².